The lowest BCUT2D eigenvalue weighted by molar-refractivity contribution is 0.532. The minimum absolute atomic E-state index is 0.138. The third kappa shape index (κ3) is 5.11. The zero-order chi connectivity index (χ0) is 16.0. The van der Waals surface area contributed by atoms with Crippen LogP contribution in [-0.2, 0) is 16.3 Å². The Morgan fingerprint density at radius 2 is 1.67 bits per heavy atom. The molecule has 2 unspecified atom stereocenters. The molecule has 0 aliphatic carbocycles. The SMILES string of the molecule is CCCc1ccc(C(CS(=O)(=O)C(C)C(C)C)NC)cc1. The summed E-state index contributed by atoms with van der Waals surface area (Å²) in [4.78, 5) is 0. The summed E-state index contributed by atoms with van der Waals surface area (Å²) in [6, 6.07) is 8.14. The highest BCUT2D eigenvalue weighted by atomic mass is 32.2. The first kappa shape index (κ1) is 18.2. The molecule has 1 aromatic rings. The number of hydrogen-bond donors (Lipinski definition) is 1. The molecule has 0 saturated carbocycles. The average Bonchev–Trinajstić information content (AvgIpc) is 2.45. The largest absolute Gasteiger partial charge is 0.312 e. The molecule has 21 heavy (non-hydrogen) atoms. The van der Waals surface area contributed by atoms with Crippen LogP contribution in [0.3, 0.4) is 0 Å². The van der Waals surface area contributed by atoms with Gasteiger partial charge in [0, 0.05) is 6.04 Å². The first-order chi connectivity index (χ1) is 9.81. The van der Waals surface area contributed by atoms with E-state index < -0.39 is 9.84 Å². The number of aryl methyl sites for hydroxylation is 1. The van der Waals surface area contributed by atoms with Crippen LogP contribution in [0.15, 0.2) is 24.3 Å². The van der Waals surface area contributed by atoms with Crippen LogP contribution >= 0.6 is 0 Å². The molecule has 0 radical (unpaired) electrons. The van der Waals surface area contributed by atoms with E-state index in [1.165, 1.54) is 5.56 Å². The van der Waals surface area contributed by atoms with Gasteiger partial charge in [-0.25, -0.2) is 8.42 Å². The van der Waals surface area contributed by atoms with E-state index in [-0.39, 0.29) is 23.0 Å². The highest BCUT2D eigenvalue weighted by molar-refractivity contribution is 7.92. The van der Waals surface area contributed by atoms with Gasteiger partial charge >= 0.3 is 0 Å². The van der Waals surface area contributed by atoms with Gasteiger partial charge in [-0.05, 0) is 37.4 Å². The molecule has 0 heterocycles. The second-order valence-electron chi connectivity index (χ2n) is 6.11. The Morgan fingerprint density at radius 1 is 1.10 bits per heavy atom. The maximum absolute atomic E-state index is 12.4. The number of nitrogens with one attached hydrogen (secondary N) is 1. The van der Waals surface area contributed by atoms with Crippen molar-refractivity contribution in [1.29, 1.82) is 0 Å². The van der Waals surface area contributed by atoms with Gasteiger partial charge in [-0.2, -0.15) is 0 Å². The second kappa shape index (κ2) is 7.95. The molecule has 0 amide bonds. The third-order valence-electron chi connectivity index (χ3n) is 4.17. The van der Waals surface area contributed by atoms with Crippen molar-refractivity contribution in [3.05, 3.63) is 35.4 Å². The van der Waals surface area contributed by atoms with Gasteiger partial charge in [0.15, 0.2) is 9.84 Å². The number of sulfone groups is 1. The van der Waals surface area contributed by atoms with Crippen molar-refractivity contribution in [3.63, 3.8) is 0 Å². The molecule has 2 atom stereocenters. The molecule has 0 fully saturated rings. The summed E-state index contributed by atoms with van der Waals surface area (Å²) in [6.45, 7) is 7.87. The lowest BCUT2D eigenvalue weighted by Gasteiger charge is -2.22. The number of hydrogen-bond acceptors (Lipinski definition) is 3. The molecule has 4 heteroatoms. The summed E-state index contributed by atoms with van der Waals surface area (Å²) in [5.41, 5.74) is 2.34. The van der Waals surface area contributed by atoms with Crippen LogP contribution in [-0.4, -0.2) is 26.5 Å². The van der Waals surface area contributed by atoms with Crippen molar-refractivity contribution >= 4 is 9.84 Å². The van der Waals surface area contributed by atoms with Gasteiger partial charge in [-0.15, -0.1) is 0 Å². The Hall–Kier alpha value is -0.870. The molecular formula is C17H29NO2S. The van der Waals surface area contributed by atoms with Crippen molar-refractivity contribution in [1.82, 2.24) is 5.32 Å². The molecule has 120 valence electrons. The summed E-state index contributed by atoms with van der Waals surface area (Å²) >= 11 is 0. The standard InChI is InChI=1S/C17H29NO2S/c1-6-7-15-8-10-16(11-9-15)17(18-5)12-21(19,20)14(4)13(2)3/h8-11,13-14,17-18H,6-7,12H2,1-5H3. The minimum atomic E-state index is -3.10. The Labute approximate surface area is 130 Å². The van der Waals surface area contributed by atoms with Crippen molar-refractivity contribution in [2.24, 2.45) is 5.92 Å². The first-order valence-electron chi connectivity index (χ1n) is 7.79. The quantitative estimate of drug-likeness (QED) is 0.801. The summed E-state index contributed by atoms with van der Waals surface area (Å²) in [7, 11) is -1.28. The summed E-state index contributed by atoms with van der Waals surface area (Å²) in [5.74, 6) is 0.287. The molecule has 3 nitrogen and oxygen atoms in total. The fourth-order valence-electron chi connectivity index (χ4n) is 2.35. The van der Waals surface area contributed by atoms with Gasteiger partial charge in [-0.3, -0.25) is 0 Å². The van der Waals surface area contributed by atoms with Crippen LogP contribution in [0.5, 0.6) is 0 Å². The fourth-order valence-corrected chi connectivity index (χ4v) is 4.31. The van der Waals surface area contributed by atoms with E-state index in [0.29, 0.717) is 0 Å². The number of benzene rings is 1. The zero-order valence-electron chi connectivity index (χ0n) is 13.9. The first-order valence-corrected chi connectivity index (χ1v) is 9.51. The van der Waals surface area contributed by atoms with E-state index in [0.717, 1.165) is 18.4 Å². The Balaban J connectivity index is 2.88. The lowest BCUT2D eigenvalue weighted by Crippen LogP contribution is -2.32. The van der Waals surface area contributed by atoms with E-state index in [1.54, 1.807) is 6.92 Å². The van der Waals surface area contributed by atoms with Crippen LogP contribution in [0.2, 0.25) is 0 Å². The van der Waals surface area contributed by atoms with E-state index in [9.17, 15) is 8.42 Å². The van der Waals surface area contributed by atoms with Crippen LogP contribution in [0.4, 0.5) is 0 Å². The topological polar surface area (TPSA) is 46.2 Å². The molecule has 0 saturated heterocycles. The maximum atomic E-state index is 12.4. The molecular weight excluding hydrogens is 282 g/mol. The summed E-state index contributed by atoms with van der Waals surface area (Å²) < 4.78 is 24.9. The molecule has 1 aromatic carbocycles. The van der Waals surface area contributed by atoms with Gasteiger partial charge in [-0.1, -0.05) is 51.5 Å². The normalized spacial score (nSPS) is 15.1. The average molecular weight is 311 g/mol. The van der Waals surface area contributed by atoms with Crippen molar-refractivity contribution < 1.29 is 8.42 Å². The highest BCUT2D eigenvalue weighted by Gasteiger charge is 2.27. The van der Waals surface area contributed by atoms with Crippen LogP contribution in [0.1, 0.15) is 51.3 Å². The predicted octanol–water partition coefficient (Wildman–Crippen LogP) is 3.36. The van der Waals surface area contributed by atoms with Gasteiger partial charge in [0.05, 0.1) is 11.0 Å². The summed E-state index contributed by atoms with van der Waals surface area (Å²) in [5, 5.41) is 2.83. The lowest BCUT2D eigenvalue weighted by atomic mass is 10.0. The van der Waals surface area contributed by atoms with Crippen LogP contribution in [0, 0.1) is 5.92 Å². The summed E-state index contributed by atoms with van der Waals surface area (Å²) in [6.07, 6.45) is 2.18. The van der Waals surface area contributed by atoms with Crippen LogP contribution < -0.4 is 5.32 Å². The van der Waals surface area contributed by atoms with Crippen molar-refractivity contribution in [3.8, 4) is 0 Å². The van der Waals surface area contributed by atoms with E-state index >= 15 is 0 Å². The van der Waals surface area contributed by atoms with Gasteiger partial charge in [0.25, 0.3) is 0 Å². The van der Waals surface area contributed by atoms with E-state index in [1.807, 2.05) is 33.0 Å². The maximum Gasteiger partial charge on any atom is 0.155 e. The van der Waals surface area contributed by atoms with Gasteiger partial charge < -0.3 is 5.32 Å². The monoisotopic (exact) mass is 311 g/mol. The molecule has 0 aromatic heterocycles. The molecule has 0 aliphatic rings. The van der Waals surface area contributed by atoms with Gasteiger partial charge in [0.1, 0.15) is 0 Å². The molecule has 1 rings (SSSR count). The van der Waals surface area contributed by atoms with Crippen LogP contribution in [0.25, 0.3) is 0 Å². The Kier molecular flexibility index (Phi) is 6.88. The van der Waals surface area contributed by atoms with Crippen molar-refractivity contribution in [2.45, 2.75) is 51.8 Å². The molecule has 0 spiro atoms. The van der Waals surface area contributed by atoms with Crippen molar-refractivity contribution in [2.75, 3.05) is 12.8 Å². The molecule has 0 aliphatic heterocycles. The smallest absolute Gasteiger partial charge is 0.155 e. The zero-order valence-corrected chi connectivity index (χ0v) is 14.7. The van der Waals surface area contributed by atoms with Gasteiger partial charge in [0.2, 0.25) is 0 Å². The minimum Gasteiger partial charge on any atom is -0.312 e. The molecule has 1 N–H and O–H groups in total. The second-order valence-corrected chi connectivity index (χ2v) is 8.51. The molecule has 0 bridgehead atoms. The Bertz CT molecular complexity index is 520. The Morgan fingerprint density at radius 3 is 2.10 bits per heavy atom. The third-order valence-corrected chi connectivity index (χ3v) is 6.65. The van der Waals surface area contributed by atoms with E-state index in [2.05, 4.69) is 24.4 Å². The highest BCUT2D eigenvalue weighted by Crippen LogP contribution is 2.21. The fraction of sp³-hybridized carbons (Fsp3) is 0.647. The number of rotatable bonds is 8. The van der Waals surface area contributed by atoms with E-state index in [4.69, 9.17) is 0 Å². The predicted molar refractivity (Wildman–Crippen MR) is 90.3 cm³/mol.